The quantitative estimate of drug-likeness (QED) is 0.643. The zero-order chi connectivity index (χ0) is 20.1. The second-order valence-corrected chi connectivity index (χ2v) is 7.12. The molecule has 0 bridgehead atoms. The summed E-state index contributed by atoms with van der Waals surface area (Å²) in [6.45, 7) is 1.91. The topological polar surface area (TPSA) is 89.8 Å². The van der Waals surface area contributed by atoms with Gasteiger partial charge in [-0.15, -0.1) is 11.8 Å². The summed E-state index contributed by atoms with van der Waals surface area (Å²) in [5.74, 6) is 0.0634. The first-order valence-electron chi connectivity index (χ1n) is 8.51. The molecule has 0 spiro atoms. The maximum atomic E-state index is 12.2. The minimum Gasteiger partial charge on any atom is -0.465 e. The molecule has 0 saturated heterocycles. The lowest BCUT2D eigenvalue weighted by molar-refractivity contribution is -0.113. The Hall–Kier alpha value is -3.13. The number of ether oxygens (including phenoxy) is 1. The number of esters is 1. The predicted octanol–water partition coefficient (Wildman–Crippen LogP) is 2.66. The Balaban J connectivity index is 1.55. The van der Waals surface area contributed by atoms with E-state index in [0.717, 1.165) is 5.56 Å². The Labute approximate surface area is 165 Å². The fourth-order valence-corrected chi connectivity index (χ4v) is 3.30. The molecule has 0 radical (unpaired) electrons. The summed E-state index contributed by atoms with van der Waals surface area (Å²) in [4.78, 5) is 40.1. The molecule has 2 aromatic heterocycles. The fraction of sp³-hybridized carbons (Fsp3) is 0.200. The molecule has 7 nitrogen and oxygen atoms in total. The number of nitrogens with one attached hydrogen (secondary N) is 1. The van der Waals surface area contributed by atoms with E-state index in [2.05, 4.69) is 15.0 Å². The average molecular weight is 397 g/mol. The van der Waals surface area contributed by atoms with E-state index >= 15 is 0 Å². The number of benzene rings is 1. The minimum absolute atomic E-state index is 0.139. The van der Waals surface area contributed by atoms with Crippen LogP contribution in [-0.4, -0.2) is 34.1 Å². The maximum absolute atomic E-state index is 12.2. The second kappa shape index (κ2) is 8.71. The van der Waals surface area contributed by atoms with Crippen molar-refractivity contribution in [1.29, 1.82) is 0 Å². The van der Waals surface area contributed by atoms with Gasteiger partial charge in [-0.25, -0.2) is 9.78 Å². The lowest BCUT2D eigenvalue weighted by Crippen LogP contribution is -2.16. The molecule has 1 aromatic carbocycles. The van der Waals surface area contributed by atoms with Gasteiger partial charge in [-0.3, -0.25) is 14.0 Å². The van der Waals surface area contributed by atoms with E-state index in [1.54, 1.807) is 36.5 Å². The Kier molecular flexibility index (Phi) is 6.10. The number of hydrogen-bond donors (Lipinski definition) is 1. The molecule has 0 atom stereocenters. The molecule has 3 aromatic rings. The molecule has 28 heavy (non-hydrogen) atoms. The molecule has 0 fully saturated rings. The normalized spacial score (nSPS) is 10.6. The van der Waals surface area contributed by atoms with Crippen LogP contribution >= 0.6 is 11.8 Å². The van der Waals surface area contributed by atoms with Crippen LogP contribution in [-0.2, 0) is 15.3 Å². The smallest absolute Gasteiger partial charge is 0.337 e. The first-order chi connectivity index (χ1) is 13.5. The zero-order valence-corrected chi connectivity index (χ0v) is 16.3. The molecular formula is C20H19N3O4S. The van der Waals surface area contributed by atoms with Crippen LogP contribution in [0, 0.1) is 6.92 Å². The summed E-state index contributed by atoms with van der Waals surface area (Å²) < 4.78 is 6.14. The van der Waals surface area contributed by atoms with Crippen molar-refractivity contribution in [3.8, 4) is 0 Å². The van der Waals surface area contributed by atoms with E-state index in [-0.39, 0.29) is 17.2 Å². The third-order valence-electron chi connectivity index (χ3n) is 3.93. The maximum Gasteiger partial charge on any atom is 0.337 e. The first kappa shape index (κ1) is 19.6. The molecule has 144 valence electrons. The second-order valence-electron chi connectivity index (χ2n) is 6.13. The molecule has 0 saturated carbocycles. The molecule has 0 aliphatic rings. The molecule has 3 rings (SSSR count). The van der Waals surface area contributed by atoms with Crippen LogP contribution in [0.4, 0.5) is 5.69 Å². The number of pyridine rings is 1. The van der Waals surface area contributed by atoms with Gasteiger partial charge in [0.2, 0.25) is 5.91 Å². The highest BCUT2D eigenvalue weighted by Gasteiger charge is 2.08. The van der Waals surface area contributed by atoms with Gasteiger partial charge in [-0.2, -0.15) is 0 Å². The molecule has 0 aliphatic carbocycles. The van der Waals surface area contributed by atoms with E-state index in [9.17, 15) is 14.4 Å². The molecular weight excluding hydrogens is 378 g/mol. The van der Waals surface area contributed by atoms with Gasteiger partial charge < -0.3 is 10.1 Å². The summed E-state index contributed by atoms with van der Waals surface area (Å²) >= 11 is 1.37. The fourth-order valence-electron chi connectivity index (χ4n) is 2.59. The van der Waals surface area contributed by atoms with Gasteiger partial charge in [-0.1, -0.05) is 6.07 Å². The predicted molar refractivity (Wildman–Crippen MR) is 109 cm³/mol. The summed E-state index contributed by atoms with van der Waals surface area (Å²) in [5.41, 5.74) is 3.07. The van der Waals surface area contributed by atoms with E-state index < -0.39 is 5.97 Å². The Morgan fingerprint density at radius 1 is 1.18 bits per heavy atom. The lowest BCUT2D eigenvalue weighted by atomic mass is 10.2. The molecule has 8 heteroatoms. The van der Waals surface area contributed by atoms with Crippen molar-refractivity contribution in [3.63, 3.8) is 0 Å². The minimum atomic E-state index is -0.428. The van der Waals surface area contributed by atoms with E-state index in [4.69, 9.17) is 0 Å². The Morgan fingerprint density at radius 3 is 2.64 bits per heavy atom. The number of anilines is 1. The molecule has 1 amide bonds. The monoisotopic (exact) mass is 397 g/mol. The summed E-state index contributed by atoms with van der Waals surface area (Å²) in [5, 5.41) is 2.76. The largest absolute Gasteiger partial charge is 0.465 e. The van der Waals surface area contributed by atoms with Crippen molar-refractivity contribution >= 4 is 35.0 Å². The number of methoxy groups -OCH3 is 1. The molecule has 1 N–H and O–H groups in total. The highest BCUT2D eigenvalue weighted by atomic mass is 32.2. The van der Waals surface area contributed by atoms with Crippen molar-refractivity contribution in [1.82, 2.24) is 9.38 Å². The number of amides is 1. The van der Waals surface area contributed by atoms with Crippen LogP contribution in [0.1, 0.15) is 21.6 Å². The van der Waals surface area contributed by atoms with E-state index in [1.807, 2.05) is 13.0 Å². The molecule has 0 unspecified atom stereocenters. The van der Waals surface area contributed by atoms with Crippen LogP contribution in [0.15, 0.2) is 53.5 Å². The van der Waals surface area contributed by atoms with Crippen LogP contribution in [0.3, 0.4) is 0 Å². The van der Waals surface area contributed by atoms with Gasteiger partial charge in [0.25, 0.3) is 5.56 Å². The Bertz CT molecular complexity index is 1080. The van der Waals surface area contributed by atoms with Crippen molar-refractivity contribution in [2.24, 2.45) is 0 Å². The highest BCUT2D eigenvalue weighted by Crippen LogP contribution is 2.13. The number of thioether (sulfide) groups is 1. The number of aromatic nitrogens is 2. The van der Waals surface area contributed by atoms with Crippen molar-refractivity contribution in [2.45, 2.75) is 12.7 Å². The third-order valence-corrected chi connectivity index (χ3v) is 4.90. The number of carbonyl (C=O) groups excluding carboxylic acids is 2. The third kappa shape index (κ3) is 4.77. The number of carbonyl (C=O) groups is 2. The first-order valence-corrected chi connectivity index (χ1v) is 9.66. The summed E-state index contributed by atoms with van der Waals surface area (Å²) in [6, 6.07) is 11.6. The highest BCUT2D eigenvalue weighted by molar-refractivity contribution is 7.99. The van der Waals surface area contributed by atoms with Gasteiger partial charge >= 0.3 is 5.97 Å². The van der Waals surface area contributed by atoms with Gasteiger partial charge in [-0.05, 0) is 42.8 Å². The number of fused-ring (bicyclic) bond motifs is 1. The Morgan fingerprint density at radius 2 is 1.93 bits per heavy atom. The number of rotatable bonds is 6. The summed E-state index contributed by atoms with van der Waals surface area (Å²) in [6.07, 6.45) is 1.75. The van der Waals surface area contributed by atoms with Crippen LogP contribution in [0.2, 0.25) is 0 Å². The van der Waals surface area contributed by atoms with Crippen molar-refractivity contribution in [2.75, 3.05) is 18.2 Å². The van der Waals surface area contributed by atoms with Gasteiger partial charge in [0.15, 0.2) is 0 Å². The zero-order valence-electron chi connectivity index (χ0n) is 15.5. The van der Waals surface area contributed by atoms with Crippen molar-refractivity contribution < 1.29 is 14.3 Å². The number of nitrogens with zero attached hydrogens (tertiary/aromatic N) is 2. The molecule has 2 heterocycles. The SMILES string of the molecule is COC(=O)c1ccc(NC(=O)CSCc2cc(=O)n3cc(C)ccc3n2)cc1. The number of aryl methyl sites for hydroxylation is 1. The van der Waals surface area contributed by atoms with Crippen LogP contribution in [0.5, 0.6) is 0 Å². The molecule has 0 aliphatic heterocycles. The van der Waals surface area contributed by atoms with Crippen LogP contribution < -0.4 is 10.9 Å². The van der Waals surface area contributed by atoms with E-state index in [1.165, 1.54) is 29.3 Å². The number of hydrogen-bond acceptors (Lipinski definition) is 6. The van der Waals surface area contributed by atoms with Gasteiger partial charge in [0.1, 0.15) is 5.65 Å². The van der Waals surface area contributed by atoms with Crippen molar-refractivity contribution in [3.05, 3.63) is 75.8 Å². The average Bonchev–Trinajstić information content (AvgIpc) is 2.68. The summed E-state index contributed by atoms with van der Waals surface area (Å²) in [7, 11) is 1.31. The lowest BCUT2D eigenvalue weighted by Gasteiger charge is -2.07. The van der Waals surface area contributed by atoms with E-state index in [0.29, 0.717) is 28.3 Å². The standard InChI is InChI=1S/C20H19N3O4S/c1-13-3-8-17-21-16(9-19(25)23(17)10-13)11-28-12-18(24)22-15-6-4-14(5-7-15)20(26)27-2/h3-10H,11-12H2,1-2H3,(H,22,24). The van der Waals surface area contributed by atoms with Crippen LogP contribution in [0.25, 0.3) is 5.65 Å². The van der Waals surface area contributed by atoms with Gasteiger partial charge in [0.05, 0.1) is 24.1 Å². The van der Waals surface area contributed by atoms with Gasteiger partial charge in [0, 0.05) is 23.7 Å².